The van der Waals surface area contributed by atoms with Crippen molar-refractivity contribution < 1.29 is 22.5 Å². The van der Waals surface area contributed by atoms with Gasteiger partial charge in [0.05, 0.1) is 5.75 Å². The Kier molecular flexibility index (Phi) is 4.05. The molecule has 0 aromatic carbocycles. The Morgan fingerprint density at radius 2 is 1.93 bits per heavy atom. The lowest BCUT2D eigenvalue weighted by atomic mass is 10.2. The average molecular weight is 232 g/mol. The van der Waals surface area contributed by atoms with Crippen LogP contribution in [0.3, 0.4) is 0 Å². The number of rotatable bonds is 5. The Hall–Kier alpha value is -1.14. The maximum atomic E-state index is 10.5. The zero-order chi connectivity index (χ0) is 11.3. The fourth-order valence-corrected chi connectivity index (χ4v) is 1.91. The van der Waals surface area contributed by atoms with Crippen molar-refractivity contribution in [2.24, 2.45) is 5.92 Å². The van der Waals surface area contributed by atoms with Crippen molar-refractivity contribution in [2.45, 2.75) is 6.92 Å². The molecule has 1 atom stereocenters. The van der Waals surface area contributed by atoms with E-state index in [4.69, 9.17) is 9.39 Å². The van der Waals surface area contributed by atoms with Gasteiger partial charge in [0, 0.05) is 22.8 Å². The van der Waals surface area contributed by atoms with Crippen LogP contribution in [0.4, 0.5) is 0 Å². The van der Waals surface area contributed by atoms with E-state index in [1.807, 2.05) is 6.07 Å². The molecule has 0 aliphatic rings. The standard InChI is InChI=1S/C9H13NO4S/c1-9(8-15(11,12)13)7-14-10-5-3-2-4-6-10/h2-6,9H,7-8H2,1H3/p+1. The minimum absolute atomic E-state index is 0.231. The molecule has 0 amide bonds. The first-order chi connectivity index (χ1) is 6.97. The lowest BCUT2D eigenvalue weighted by Crippen LogP contribution is -2.44. The molecule has 15 heavy (non-hydrogen) atoms. The van der Waals surface area contributed by atoms with Crippen molar-refractivity contribution in [3.05, 3.63) is 30.6 Å². The smallest absolute Gasteiger partial charge is 0.265 e. The van der Waals surface area contributed by atoms with Crippen LogP contribution >= 0.6 is 0 Å². The molecular weight excluding hydrogens is 218 g/mol. The Labute approximate surface area is 89.0 Å². The van der Waals surface area contributed by atoms with E-state index in [0.717, 1.165) is 0 Å². The summed E-state index contributed by atoms with van der Waals surface area (Å²) in [4.78, 5) is 5.25. The number of hydrogen-bond donors (Lipinski definition) is 1. The van der Waals surface area contributed by atoms with Gasteiger partial charge in [0.1, 0.15) is 0 Å². The Morgan fingerprint density at radius 1 is 1.33 bits per heavy atom. The van der Waals surface area contributed by atoms with Gasteiger partial charge in [0.15, 0.2) is 6.61 Å². The summed E-state index contributed by atoms with van der Waals surface area (Å²) in [5.74, 6) is -0.548. The van der Waals surface area contributed by atoms with E-state index in [2.05, 4.69) is 0 Å². The first kappa shape index (κ1) is 11.9. The molecule has 0 bridgehead atoms. The summed E-state index contributed by atoms with van der Waals surface area (Å²) in [6.45, 7) is 1.92. The molecule has 1 unspecified atom stereocenters. The second-order valence-corrected chi connectivity index (χ2v) is 4.88. The first-order valence-electron chi connectivity index (χ1n) is 4.52. The van der Waals surface area contributed by atoms with E-state index in [0.29, 0.717) is 0 Å². The quantitative estimate of drug-likeness (QED) is 0.570. The van der Waals surface area contributed by atoms with Gasteiger partial charge in [-0.2, -0.15) is 8.42 Å². The average Bonchev–Trinajstić information content (AvgIpc) is 2.14. The topological polar surface area (TPSA) is 67.5 Å². The molecule has 1 rings (SSSR count). The molecule has 6 heteroatoms. The van der Waals surface area contributed by atoms with Crippen LogP contribution in [0.5, 0.6) is 0 Å². The van der Waals surface area contributed by atoms with Crippen LogP contribution < -0.4 is 9.57 Å². The molecule has 0 saturated heterocycles. The maximum Gasteiger partial charge on any atom is 0.265 e. The van der Waals surface area contributed by atoms with Crippen LogP contribution in [-0.4, -0.2) is 25.3 Å². The molecule has 1 heterocycles. The van der Waals surface area contributed by atoms with E-state index in [1.54, 1.807) is 31.5 Å². The van der Waals surface area contributed by atoms with Crippen molar-refractivity contribution in [3.63, 3.8) is 0 Å². The van der Waals surface area contributed by atoms with Gasteiger partial charge < -0.3 is 0 Å². The Bertz CT molecular complexity index is 390. The lowest BCUT2D eigenvalue weighted by molar-refractivity contribution is -0.892. The molecule has 0 fully saturated rings. The molecule has 1 aromatic heterocycles. The van der Waals surface area contributed by atoms with Gasteiger partial charge in [-0.05, 0) is 0 Å². The molecule has 1 aromatic rings. The monoisotopic (exact) mass is 232 g/mol. The summed E-state index contributed by atoms with van der Waals surface area (Å²) in [6.07, 6.45) is 3.42. The van der Waals surface area contributed by atoms with E-state index < -0.39 is 10.1 Å². The highest BCUT2D eigenvalue weighted by molar-refractivity contribution is 7.85. The van der Waals surface area contributed by atoms with Gasteiger partial charge in [0.2, 0.25) is 12.4 Å². The van der Waals surface area contributed by atoms with E-state index >= 15 is 0 Å². The number of nitrogens with zero attached hydrogens (tertiary/aromatic N) is 1. The molecule has 5 nitrogen and oxygen atoms in total. The van der Waals surface area contributed by atoms with Gasteiger partial charge in [0.25, 0.3) is 10.1 Å². The molecule has 84 valence electrons. The molecule has 1 N–H and O–H groups in total. The summed E-state index contributed by atoms with van der Waals surface area (Å²) >= 11 is 0. The molecule has 0 aliphatic heterocycles. The largest absolute Gasteiger partial charge is 0.286 e. The lowest BCUT2D eigenvalue weighted by Gasteiger charge is -2.05. The van der Waals surface area contributed by atoms with Crippen LogP contribution in [0.15, 0.2) is 30.6 Å². The third-order valence-electron chi connectivity index (χ3n) is 1.69. The van der Waals surface area contributed by atoms with Crippen molar-refractivity contribution in [1.29, 1.82) is 0 Å². The molecule has 0 radical (unpaired) electrons. The van der Waals surface area contributed by atoms with Gasteiger partial charge in [-0.1, -0.05) is 13.0 Å². The summed E-state index contributed by atoms with van der Waals surface area (Å²) in [5.41, 5.74) is 0. The predicted octanol–water partition coefficient (Wildman–Crippen LogP) is -0.0734. The van der Waals surface area contributed by atoms with Crippen molar-refractivity contribution >= 4 is 10.1 Å². The summed E-state index contributed by atoms with van der Waals surface area (Å²) in [5, 5.41) is 0. The zero-order valence-corrected chi connectivity index (χ0v) is 9.22. The fraction of sp³-hybridized carbons (Fsp3) is 0.444. The minimum Gasteiger partial charge on any atom is -0.286 e. The first-order valence-corrected chi connectivity index (χ1v) is 6.13. The van der Waals surface area contributed by atoms with Crippen molar-refractivity contribution in [3.8, 4) is 0 Å². The van der Waals surface area contributed by atoms with Crippen molar-refractivity contribution in [1.82, 2.24) is 0 Å². The summed E-state index contributed by atoms with van der Waals surface area (Å²) in [7, 11) is -3.92. The SMILES string of the molecule is CC(CO[n+]1ccccc1)CS(=O)(=O)O. The number of hydrogen-bond acceptors (Lipinski definition) is 3. The zero-order valence-electron chi connectivity index (χ0n) is 8.41. The van der Waals surface area contributed by atoms with Gasteiger partial charge in [-0.3, -0.25) is 9.39 Å². The van der Waals surface area contributed by atoms with Crippen molar-refractivity contribution in [2.75, 3.05) is 12.4 Å². The van der Waals surface area contributed by atoms with Crippen LogP contribution in [0.25, 0.3) is 0 Å². The van der Waals surface area contributed by atoms with E-state index in [1.165, 1.54) is 4.73 Å². The Balaban J connectivity index is 2.38. The third-order valence-corrected chi connectivity index (χ3v) is 2.68. The van der Waals surface area contributed by atoms with Gasteiger partial charge in [-0.25, -0.2) is 0 Å². The predicted molar refractivity (Wildman–Crippen MR) is 53.7 cm³/mol. The Morgan fingerprint density at radius 3 is 2.47 bits per heavy atom. The van der Waals surface area contributed by atoms with Crippen LogP contribution in [-0.2, 0) is 10.1 Å². The highest BCUT2D eigenvalue weighted by atomic mass is 32.2. The normalized spacial score (nSPS) is 13.5. The fourth-order valence-electron chi connectivity index (χ4n) is 1.09. The number of pyridine rings is 1. The van der Waals surface area contributed by atoms with E-state index in [-0.39, 0.29) is 18.3 Å². The van der Waals surface area contributed by atoms with E-state index in [9.17, 15) is 8.42 Å². The van der Waals surface area contributed by atoms with Gasteiger partial charge in [-0.15, -0.1) is 0 Å². The molecule has 0 aliphatic carbocycles. The summed E-state index contributed by atoms with van der Waals surface area (Å²) < 4.78 is 31.2. The summed E-state index contributed by atoms with van der Waals surface area (Å²) in [6, 6.07) is 5.45. The second kappa shape index (κ2) is 5.09. The minimum atomic E-state index is -3.92. The third kappa shape index (κ3) is 5.34. The molecule has 0 saturated carbocycles. The molecule has 0 spiro atoms. The molecular formula is C9H14NO4S+. The van der Waals surface area contributed by atoms with Crippen LogP contribution in [0.2, 0.25) is 0 Å². The number of aromatic nitrogens is 1. The van der Waals surface area contributed by atoms with Crippen LogP contribution in [0, 0.1) is 5.92 Å². The highest BCUT2D eigenvalue weighted by Gasteiger charge is 2.14. The maximum absolute atomic E-state index is 10.5. The highest BCUT2D eigenvalue weighted by Crippen LogP contribution is 1.97. The van der Waals surface area contributed by atoms with Crippen LogP contribution in [0.1, 0.15) is 6.92 Å². The second-order valence-electron chi connectivity index (χ2n) is 3.38. The van der Waals surface area contributed by atoms with Gasteiger partial charge >= 0.3 is 0 Å².